The largest absolute Gasteiger partial charge is 0.444 e. The van der Waals surface area contributed by atoms with E-state index in [1.807, 2.05) is 32.7 Å². The maximum absolute atomic E-state index is 14.6. The Morgan fingerprint density at radius 3 is 2.38 bits per heavy atom. The van der Waals surface area contributed by atoms with Gasteiger partial charge in [-0.25, -0.2) is 14.2 Å². The molecule has 6 N–H and O–H groups in total. The maximum Gasteiger partial charge on any atom is 0.410 e. The summed E-state index contributed by atoms with van der Waals surface area (Å²) in [6.45, 7) is 6.64. The zero-order chi connectivity index (χ0) is 21.8. The molecule has 0 aromatic heterocycles. The fraction of sp³-hybridized carbons (Fsp3) is 0.526. The highest BCUT2D eigenvalue weighted by Crippen LogP contribution is 2.28. The highest BCUT2D eigenvalue weighted by atomic mass is 19.1. The summed E-state index contributed by atoms with van der Waals surface area (Å²) in [5.41, 5.74) is 16.3. The van der Waals surface area contributed by atoms with Crippen LogP contribution in [0.4, 0.5) is 20.6 Å². The molecule has 0 spiro atoms. The first-order valence-corrected chi connectivity index (χ1v) is 9.40. The third-order valence-electron chi connectivity index (χ3n) is 4.46. The van der Waals surface area contributed by atoms with E-state index in [-0.39, 0.29) is 24.1 Å². The molecule has 10 heteroatoms. The second-order valence-electron chi connectivity index (χ2n) is 7.95. The van der Waals surface area contributed by atoms with E-state index in [1.54, 1.807) is 17.0 Å². The van der Waals surface area contributed by atoms with Crippen LogP contribution in [0.1, 0.15) is 33.6 Å². The van der Waals surface area contributed by atoms with E-state index in [1.165, 1.54) is 6.07 Å². The molecular weight excluding hydrogens is 377 g/mol. The van der Waals surface area contributed by atoms with E-state index >= 15 is 0 Å². The van der Waals surface area contributed by atoms with Gasteiger partial charge in [-0.1, -0.05) is 0 Å². The summed E-state index contributed by atoms with van der Waals surface area (Å²) in [5, 5.41) is 0. The van der Waals surface area contributed by atoms with E-state index in [0.29, 0.717) is 37.3 Å². The number of piperidine rings is 1. The summed E-state index contributed by atoms with van der Waals surface area (Å²) in [6, 6.07) is 4.65. The van der Waals surface area contributed by atoms with Gasteiger partial charge in [0.2, 0.25) is 5.96 Å². The number of guanidine groups is 2. The number of nitrogens with zero attached hydrogens (tertiary/aromatic N) is 4. The van der Waals surface area contributed by atoms with E-state index in [0.717, 1.165) is 0 Å². The molecule has 1 aliphatic heterocycles. The molecule has 9 nitrogen and oxygen atoms in total. The predicted octanol–water partition coefficient (Wildman–Crippen LogP) is 1.88. The number of carbonyl (C=O) groups excluding carboxylic acids is 1. The van der Waals surface area contributed by atoms with Crippen LogP contribution in [-0.4, -0.2) is 54.7 Å². The van der Waals surface area contributed by atoms with E-state index < -0.39 is 11.4 Å². The van der Waals surface area contributed by atoms with Gasteiger partial charge in [0, 0.05) is 32.2 Å². The minimum Gasteiger partial charge on any atom is -0.444 e. The van der Waals surface area contributed by atoms with Crippen molar-refractivity contribution in [3.63, 3.8) is 0 Å². The smallest absolute Gasteiger partial charge is 0.410 e. The van der Waals surface area contributed by atoms with Crippen molar-refractivity contribution in [1.82, 2.24) is 4.90 Å². The van der Waals surface area contributed by atoms with Crippen LogP contribution in [0.25, 0.3) is 0 Å². The lowest BCUT2D eigenvalue weighted by atomic mass is 10.0. The summed E-state index contributed by atoms with van der Waals surface area (Å²) in [7, 11) is 1.84. The van der Waals surface area contributed by atoms with E-state index in [2.05, 4.69) is 9.98 Å². The summed E-state index contributed by atoms with van der Waals surface area (Å²) >= 11 is 0. The number of anilines is 1. The van der Waals surface area contributed by atoms with Crippen molar-refractivity contribution in [3.8, 4) is 0 Å². The minimum atomic E-state index is -0.525. The molecule has 1 heterocycles. The van der Waals surface area contributed by atoms with Crippen LogP contribution >= 0.6 is 0 Å². The number of likely N-dealkylation sites (tertiary alicyclic amines) is 1. The molecule has 1 fully saturated rings. The van der Waals surface area contributed by atoms with Crippen molar-refractivity contribution >= 4 is 29.4 Å². The third kappa shape index (κ3) is 6.51. The van der Waals surface area contributed by atoms with Crippen LogP contribution in [-0.2, 0) is 4.74 Å². The van der Waals surface area contributed by atoms with Gasteiger partial charge in [-0.15, -0.1) is 0 Å². The lowest BCUT2D eigenvalue weighted by molar-refractivity contribution is 0.0205. The molecule has 1 amide bonds. The number of hydrogen-bond acceptors (Lipinski definition) is 4. The van der Waals surface area contributed by atoms with E-state index in [4.69, 9.17) is 21.9 Å². The Bertz CT molecular complexity index is 792. The Hall–Kier alpha value is -3.04. The molecule has 0 bridgehead atoms. The molecule has 0 radical (unpaired) electrons. The standard InChI is InChI=1S/C19H30FN7O2/c1-19(2,3)29-18(28)27-9-7-13(8-10-27)26(4)15-6-5-12(11-14(15)20)24-17(23)25-16(21)22/h5-6,11,13H,7-10H2,1-4H3,(H6,21,22,23,24,25). The van der Waals surface area contributed by atoms with Gasteiger partial charge in [-0.2, -0.15) is 4.99 Å². The van der Waals surface area contributed by atoms with Crippen molar-refractivity contribution in [1.29, 1.82) is 0 Å². The number of benzene rings is 1. The van der Waals surface area contributed by atoms with E-state index in [9.17, 15) is 9.18 Å². The summed E-state index contributed by atoms with van der Waals surface area (Å²) < 4.78 is 20.0. The second-order valence-corrected chi connectivity index (χ2v) is 7.95. The molecule has 1 aromatic carbocycles. The number of aliphatic imine (C=N–C) groups is 2. The van der Waals surface area contributed by atoms with Crippen molar-refractivity contribution in [3.05, 3.63) is 24.0 Å². The average Bonchev–Trinajstić information content (AvgIpc) is 2.59. The van der Waals surface area contributed by atoms with Crippen molar-refractivity contribution in [2.24, 2.45) is 27.2 Å². The van der Waals surface area contributed by atoms with Crippen molar-refractivity contribution in [2.45, 2.75) is 45.3 Å². The summed E-state index contributed by atoms with van der Waals surface area (Å²) in [4.78, 5) is 23.3. The van der Waals surface area contributed by atoms with Gasteiger partial charge in [0.05, 0.1) is 11.4 Å². The predicted molar refractivity (Wildman–Crippen MR) is 113 cm³/mol. The van der Waals surface area contributed by atoms with Gasteiger partial charge in [-0.3, -0.25) is 0 Å². The highest BCUT2D eigenvalue weighted by molar-refractivity contribution is 5.93. The van der Waals surface area contributed by atoms with Gasteiger partial charge in [0.15, 0.2) is 5.96 Å². The SMILES string of the molecule is CN(c1ccc(N=C(N)N=C(N)N)cc1F)C1CCN(C(=O)OC(C)(C)C)CC1. The molecule has 0 aliphatic carbocycles. The molecular formula is C19H30FN7O2. The molecule has 1 saturated heterocycles. The Balaban J connectivity index is 2.02. The van der Waals surface area contributed by atoms with Crippen molar-refractivity contribution in [2.75, 3.05) is 25.0 Å². The highest BCUT2D eigenvalue weighted by Gasteiger charge is 2.29. The molecule has 29 heavy (non-hydrogen) atoms. The molecule has 1 aromatic rings. The van der Waals surface area contributed by atoms with Crippen LogP contribution in [0.15, 0.2) is 28.2 Å². The Labute approximate surface area is 170 Å². The zero-order valence-electron chi connectivity index (χ0n) is 17.4. The van der Waals surface area contributed by atoms with Gasteiger partial charge in [0.25, 0.3) is 0 Å². The molecule has 0 saturated carbocycles. The van der Waals surface area contributed by atoms with Crippen molar-refractivity contribution < 1.29 is 13.9 Å². The van der Waals surface area contributed by atoms with Gasteiger partial charge < -0.3 is 31.7 Å². The fourth-order valence-corrected chi connectivity index (χ4v) is 3.10. The maximum atomic E-state index is 14.6. The first-order chi connectivity index (χ1) is 13.5. The monoisotopic (exact) mass is 407 g/mol. The third-order valence-corrected chi connectivity index (χ3v) is 4.46. The number of rotatable bonds is 3. The molecule has 0 unspecified atom stereocenters. The van der Waals surface area contributed by atoms with Crippen LogP contribution in [0.2, 0.25) is 0 Å². The van der Waals surface area contributed by atoms with Crippen LogP contribution in [0, 0.1) is 5.82 Å². The topological polar surface area (TPSA) is 136 Å². The zero-order valence-corrected chi connectivity index (χ0v) is 17.4. The Morgan fingerprint density at radius 1 is 1.24 bits per heavy atom. The Kier molecular flexibility index (Phi) is 6.89. The molecule has 160 valence electrons. The number of halogens is 1. The first-order valence-electron chi connectivity index (χ1n) is 9.40. The lowest BCUT2D eigenvalue weighted by Gasteiger charge is -2.38. The van der Waals surface area contributed by atoms with Gasteiger partial charge in [-0.05, 0) is 45.7 Å². The number of nitrogens with two attached hydrogens (primary N) is 3. The lowest BCUT2D eigenvalue weighted by Crippen LogP contribution is -2.47. The number of hydrogen-bond donors (Lipinski definition) is 3. The second kappa shape index (κ2) is 8.97. The molecule has 2 rings (SSSR count). The van der Waals surface area contributed by atoms with Crippen LogP contribution < -0.4 is 22.1 Å². The number of amides is 1. The fourth-order valence-electron chi connectivity index (χ4n) is 3.10. The molecule has 0 atom stereocenters. The molecule has 1 aliphatic rings. The van der Waals surface area contributed by atoms with Crippen LogP contribution in [0.5, 0.6) is 0 Å². The normalized spacial score (nSPS) is 15.8. The summed E-state index contributed by atoms with van der Waals surface area (Å²) in [5.74, 6) is -0.804. The number of carbonyl (C=O) groups is 1. The average molecular weight is 407 g/mol. The minimum absolute atomic E-state index is 0.101. The summed E-state index contributed by atoms with van der Waals surface area (Å²) in [6.07, 6.45) is 1.12. The van der Waals surface area contributed by atoms with Gasteiger partial charge in [0.1, 0.15) is 11.4 Å². The van der Waals surface area contributed by atoms with Crippen LogP contribution in [0.3, 0.4) is 0 Å². The quantitative estimate of drug-likeness (QED) is 0.517. The van der Waals surface area contributed by atoms with Gasteiger partial charge >= 0.3 is 6.09 Å². The number of ether oxygens (including phenoxy) is 1. The Morgan fingerprint density at radius 2 is 1.86 bits per heavy atom. The first kappa shape index (κ1) is 22.3.